The molecule has 140 valence electrons. The molecule has 0 saturated heterocycles. The number of carbonyl (C=O) groups is 1. The summed E-state index contributed by atoms with van der Waals surface area (Å²) in [6, 6.07) is 11.5. The number of hydrogen-bond donors (Lipinski definition) is 2. The fourth-order valence-electron chi connectivity index (χ4n) is 1.99. The molecule has 0 radical (unpaired) electrons. The van der Waals surface area contributed by atoms with Crippen LogP contribution in [0.3, 0.4) is 0 Å². The van der Waals surface area contributed by atoms with Crippen LogP contribution in [0, 0.1) is 5.82 Å². The molecule has 0 aliphatic heterocycles. The number of nitrogens with zero attached hydrogens (tertiary/aromatic N) is 2. The molecule has 2 aromatic carbocycles. The van der Waals surface area contributed by atoms with Gasteiger partial charge in [0.25, 0.3) is 5.91 Å². The van der Waals surface area contributed by atoms with Crippen molar-refractivity contribution in [3.8, 4) is 0 Å². The van der Waals surface area contributed by atoms with Crippen molar-refractivity contribution in [1.82, 2.24) is 14.9 Å². The van der Waals surface area contributed by atoms with Crippen molar-refractivity contribution in [2.24, 2.45) is 0 Å². The lowest BCUT2D eigenvalue weighted by molar-refractivity contribution is 0.102. The average molecular weight is 471 g/mol. The van der Waals surface area contributed by atoms with Crippen LogP contribution in [0.2, 0.25) is 0 Å². The van der Waals surface area contributed by atoms with Crippen molar-refractivity contribution in [2.45, 2.75) is 11.4 Å². The quantitative estimate of drug-likeness (QED) is 0.575. The van der Waals surface area contributed by atoms with E-state index in [0.717, 1.165) is 15.8 Å². The summed E-state index contributed by atoms with van der Waals surface area (Å²) in [7, 11) is -3.71. The maximum absolute atomic E-state index is 12.9. The van der Waals surface area contributed by atoms with Gasteiger partial charge in [-0.15, -0.1) is 10.2 Å². The third-order valence-electron chi connectivity index (χ3n) is 3.30. The molecule has 0 atom stereocenters. The van der Waals surface area contributed by atoms with Crippen LogP contribution in [0.4, 0.5) is 10.1 Å². The molecule has 1 aromatic heterocycles. The van der Waals surface area contributed by atoms with Crippen LogP contribution in [0.5, 0.6) is 0 Å². The Labute approximate surface area is 166 Å². The van der Waals surface area contributed by atoms with E-state index in [-0.39, 0.29) is 16.4 Å². The molecule has 0 fully saturated rings. The summed E-state index contributed by atoms with van der Waals surface area (Å²) in [4.78, 5) is 12.2. The predicted molar refractivity (Wildman–Crippen MR) is 102 cm³/mol. The highest BCUT2D eigenvalue weighted by atomic mass is 79.9. The zero-order chi connectivity index (χ0) is 19.4. The first-order valence-electron chi connectivity index (χ1n) is 7.48. The van der Waals surface area contributed by atoms with Crippen LogP contribution in [-0.2, 0) is 16.6 Å². The summed E-state index contributed by atoms with van der Waals surface area (Å²) in [6.45, 7) is -0.0973. The van der Waals surface area contributed by atoms with Crippen molar-refractivity contribution < 1.29 is 17.6 Å². The van der Waals surface area contributed by atoms with Crippen LogP contribution in [0.1, 0.15) is 14.8 Å². The monoisotopic (exact) mass is 470 g/mol. The second kappa shape index (κ2) is 8.21. The third kappa shape index (κ3) is 5.16. The Balaban J connectivity index is 1.62. The van der Waals surface area contributed by atoms with Gasteiger partial charge in [0.1, 0.15) is 10.8 Å². The van der Waals surface area contributed by atoms with Gasteiger partial charge in [-0.2, -0.15) is 0 Å². The summed E-state index contributed by atoms with van der Waals surface area (Å²) < 4.78 is 40.6. The van der Waals surface area contributed by atoms with Crippen LogP contribution < -0.4 is 10.0 Å². The first-order chi connectivity index (χ1) is 12.8. The predicted octanol–water partition coefficient (Wildman–Crippen LogP) is 3.17. The standard InChI is InChI=1S/C16H12BrFN4O3S2/c17-10-1-7-13(8-2-10)27(24,25)19-9-14-21-22-16(26-14)15(23)20-12-5-3-11(18)4-6-12/h1-8,19H,9H2,(H,20,23). The van der Waals surface area contributed by atoms with Crippen LogP contribution >= 0.6 is 27.3 Å². The van der Waals surface area contributed by atoms with Gasteiger partial charge in [-0.1, -0.05) is 27.3 Å². The molecule has 7 nitrogen and oxygen atoms in total. The minimum absolute atomic E-state index is 0.0668. The first-order valence-corrected chi connectivity index (χ1v) is 10.6. The van der Waals surface area contributed by atoms with E-state index in [9.17, 15) is 17.6 Å². The van der Waals surface area contributed by atoms with Gasteiger partial charge in [-0.3, -0.25) is 4.79 Å². The Morgan fingerprint density at radius 2 is 1.74 bits per heavy atom. The summed E-state index contributed by atoms with van der Waals surface area (Å²) in [6.07, 6.45) is 0. The first kappa shape index (κ1) is 19.5. The van der Waals surface area contributed by atoms with Crippen molar-refractivity contribution in [3.63, 3.8) is 0 Å². The number of rotatable bonds is 6. The van der Waals surface area contributed by atoms with Gasteiger partial charge in [0, 0.05) is 10.2 Å². The van der Waals surface area contributed by atoms with Gasteiger partial charge < -0.3 is 5.32 Å². The van der Waals surface area contributed by atoms with Gasteiger partial charge in [0.15, 0.2) is 0 Å². The number of nitrogens with one attached hydrogen (secondary N) is 2. The second-order valence-electron chi connectivity index (χ2n) is 5.24. The highest BCUT2D eigenvalue weighted by Crippen LogP contribution is 2.17. The fraction of sp³-hybridized carbons (Fsp3) is 0.0625. The number of anilines is 1. The number of benzene rings is 2. The molecule has 0 aliphatic carbocycles. The molecular formula is C16H12BrFN4O3S2. The topological polar surface area (TPSA) is 101 Å². The van der Waals surface area contributed by atoms with E-state index in [1.54, 1.807) is 12.1 Å². The lowest BCUT2D eigenvalue weighted by Crippen LogP contribution is -2.23. The fourth-order valence-corrected chi connectivity index (χ4v) is 4.01. The summed E-state index contributed by atoms with van der Waals surface area (Å²) in [5.74, 6) is -0.926. The normalized spacial score (nSPS) is 11.3. The Kier molecular flexibility index (Phi) is 5.95. The third-order valence-corrected chi connectivity index (χ3v) is 6.17. The number of sulfonamides is 1. The zero-order valence-electron chi connectivity index (χ0n) is 13.5. The second-order valence-corrected chi connectivity index (χ2v) is 8.99. The van der Waals surface area contributed by atoms with Crippen LogP contribution in [0.15, 0.2) is 57.9 Å². The van der Waals surface area contributed by atoms with Gasteiger partial charge >= 0.3 is 0 Å². The molecular weight excluding hydrogens is 459 g/mol. The Morgan fingerprint density at radius 1 is 1.07 bits per heavy atom. The smallest absolute Gasteiger partial charge is 0.286 e. The molecule has 2 N–H and O–H groups in total. The Morgan fingerprint density at radius 3 is 2.41 bits per heavy atom. The SMILES string of the molecule is O=C(Nc1ccc(F)cc1)c1nnc(CNS(=O)(=O)c2ccc(Br)cc2)s1. The highest BCUT2D eigenvalue weighted by molar-refractivity contribution is 9.10. The maximum atomic E-state index is 12.9. The molecule has 11 heteroatoms. The molecule has 3 aromatic rings. The minimum Gasteiger partial charge on any atom is -0.320 e. The van der Waals surface area contributed by atoms with Gasteiger partial charge in [0.05, 0.1) is 11.4 Å². The average Bonchev–Trinajstić information content (AvgIpc) is 3.12. The van der Waals surface area contributed by atoms with Crippen molar-refractivity contribution in [1.29, 1.82) is 0 Å². The Hall–Kier alpha value is -2.21. The van der Waals surface area contributed by atoms with E-state index in [2.05, 4.69) is 36.2 Å². The van der Waals surface area contributed by atoms with E-state index >= 15 is 0 Å². The van der Waals surface area contributed by atoms with Gasteiger partial charge in [0.2, 0.25) is 15.0 Å². The molecule has 0 spiro atoms. The van der Waals surface area contributed by atoms with Crippen molar-refractivity contribution in [2.75, 3.05) is 5.32 Å². The molecule has 1 amide bonds. The molecule has 0 unspecified atom stereocenters. The molecule has 1 heterocycles. The van der Waals surface area contributed by atoms with Crippen molar-refractivity contribution >= 4 is 48.9 Å². The maximum Gasteiger partial charge on any atom is 0.286 e. The van der Waals surface area contributed by atoms with Crippen LogP contribution in [0.25, 0.3) is 0 Å². The lowest BCUT2D eigenvalue weighted by atomic mass is 10.3. The molecule has 0 saturated carbocycles. The lowest BCUT2D eigenvalue weighted by Gasteiger charge is -2.04. The number of aromatic nitrogens is 2. The van der Waals surface area contributed by atoms with Crippen LogP contribution in [-0.4, -0.2) is 24.5 Å². The van der Waals surface area contributed by atoms with E-state index < -0.39 is 21.7 Å². The molecule has 0 bridgehead atoms. The minimum atomic E-state index is -3.71. The number of halogens is 2. The Bertz CT molecular complexity index is 1050. The largest absolute Gasteiger partial charge is 0.320 e. The van der Waals surface area contributed by atoms with Gasteiger partial charge in [-0.05, 0) is 48.5 Å². The van der Waals surface area contributed by atoms with Crippen molar-refractivity contribution in [3.05, 3.63) is 68.8 Å². The molecule has 3 rings (SSSR count). The number of amides is 1. The van der Waals surface area contributed by atoms with E-state index in [0.29, 0.717) is 10.7 Å². The summed E-state index contributed by atoms with van der Waals surface area (Å²) in [5.41, 5.74) is 0.411. The highest BCUT2D eigenvalue weighted by Gasteiger charge is 2.17. The van der Waals surface area contributed by atoms with E-state index in [1.807, 2.05) is 0 Å². The van der Waals surface area contributed by atoms with Gasteiger partial charge in [-0.25, -0.2) is 17.5 Å². The number of hydrogen-bond acceptors (Lipinski definition) is 6. The van der Waals surface area contributed by atoms with E-state index in [1.165, 1.54) is 36.4 Å². The molecule has 0 aliphatic rings. The summed E-state index contributed by atoms with van der Waals surface area (Å²) in [5, 5.41) is 10.5. The number of carbonyl (C=O) groups excluding carboxylic acids is 1. The summed E-state index contributed by atoms with van der Waals surface area (Å²) >= 11 is 4.20. The molecule has 27 heavy (non-hydrogen) atoms. The van der Waals surface area contributed by atoms with E-state index in [4.69, 9.17) is 0 Å². The zero-order valence-corrected chi connectivity index (χ0v) is 16.7.